The maximum absolute atomic E-state index is 12.6. The largest absolute Gasteiger partial charge is 0.497 e. The normalized spacial score (nSPS) is 11.2. The molecule has 0 aromatic heterocycles. The first kappa shape index (κ1) is 17.9. The molecule has 2 aromatic rings. The molecule has 0 saturated carbocycles. The van der Waals surface area contributed by atoms with E-state index < -0.39 is 10.0 Å². The molecule has 0 fully saturated rings. The van der Waals surface area contributed by atoms with Crippen molar-refractivity contribution in [3.05, 3.63) is 42.5 Å². The molecule has 0 aliphatic heterocycles. The van der Waals surface area contributed by atoms with Crippen LogP contribution in [0.3, 0.4) is 0 Å². The van der Waals surface area contributed by atoms with Gasteiger partial charge in [0.15, 0.2) is 0 Å². The van der Waals surface area contributed by atoms with E-state index in [4.69, 9.17) is 14.2 Å². The SMILES string of the molecule is COc1ccc(OC)c(S(=O)(=O)Nc2ccc(OC(C)C)cc2)c1. The molecular weight excluding hydrogens is 330 g/mol. The zero-order valence-electron chi connectivity index (χ0n) is 14.1. The van der Waals surface area contributed by atoms with E-state index in [1.165, 1.54) is 20.3 Å². The topological polar surface area (TPSA) is 73.9 Å². The number of benzene rings is 2. The zero-order valence-corrected chi connectivity index (χ0v) is 14.9. The molecule has 0 radical (unpaired) electrons. The zero-order chi connectivity index (χ0) is 17.7. The highest BCUT2D eigenvalue weighted by Gasteiger charge is 2.20. The van der Waals surface area contributed by atoms with E-state index in [9.17, 15) is 8.42 Å². The second-order valence-corrected chi connectivity index (χ2v) is 6.96. The third-order valence-electron chi connectivity index (χ3n) is 3.14. The van der Waals surface area contributed by atoms with E-state index in [1.807, 2.05) is 13.8 Å². The highest BCUT2D eigenvalue weighted by atomic mass is 32.2. The summed E-state index contributed by atoms with van der Waals surface area (Å²) in [6.07, 6.45) is 0.0496. The minimum absolute atomic E-state index is 0.00635. The van der Waals surface area contributed by atoms with E-state index in [-0.39, 0.29) is 16.7 Å². The van der Waals surface area contributed by atoms with Crippen LogP contribution in [0.15, 0.2) is 47.4 Å². The van der Waals surface area contributed by atoms with Crippen molar-refractivity contribution in [1.29, 1.82) is 0 Å². The summed E-state index contributed by atoms with van der Waals surface area (Å²) in [5.74, 6) is 1.34. The van der Waals surface area contributed by atoms with Gasteiger partial charge in [-0.2, -0.15) is 0 Å². The lowest BCUT2D eigenvalue weighted by molar-refractivity contribution is 0.242. The number of anilines is 1. The number of hydrogen-bond acceptors (Lipinski definition) is 5. The molecule has 0 heterocycles. The fourth-order valence-electron chi connectivity index (χ4n) is 2.08. The van der Waals surface area contributed by atoms with Gasteiger partial charge in [-0.3, -0.25) is 4.72 Å². The molecule has 0 saturated heterocycles. The Kier molecular flexibility index (Phi) is 5.56. The lowest BCUT2D eigenvalue weighted by Gasteiger charge is -2.14. The number of nitrogens with one attached hydrogen (secondary N) is 1. The van der Waals surface area contributed by atoms with Crippen molar-refractivity contribution < 1.29 is 22.6 Å². The molecule has 1 N–H and O–H groups in total. The Hall–Kier alpha value is -2.41. The minimum atomic E-state index is -3.82. The Balaban J connectivity index is 2.28. The molecule has 0 spiro atoms. The van der Waals surface area contributed by atoms with Crippen molar-refractivity contribution >= 4 is 15.7 Å². The van der Waals surface area contributed by atoms with Crippen LogP contribution in [-0.2, 0) is 10.0 Å². The number of hydrogen-bond donors (Lipinski definition) is 1. The van der Waals surface area contributed by atoms with Gasteiger partial charge in [0.05, 0.1) is 20.3 Å². The molecule has 0 amide bonds. The fourth-order valence-corrected chi connectivity index (χ4v) is 3.32. The summed E-state index contributed by atoms with van der Waals surface area (Å²) in [7, 11) is -0.934. The fraction of sp³-hybridized carbons (Fsp3) is 0.294. The van der Waals surface area contributed by atoms with E-state index in [0.29, 0.717) is 17.2 Å². The summed E-state index contributed by atoms with van der Waals surface area (Å²) >= 11 is 0. The molecular formula is C17H21NO5S. The molecule has 0 unspecified atom stereocenters. The van der Waals surface area contributed by atoms with Gasteiger partial charge < -0.3 is 14.2 Å². The highest BCUT2D eigenvalue weighted by molar-refractivity contribution is 7.92. The van der Waals surface area contributed by atoms with Crippen LogP contribution in [0.1, 0.15) is 13.8 Å². The predicted molar refractivity (Wildman–Crippen MR) is 92.6 cm³/mol. The van der Waals surface area contributed by atoms with Gasteiger partial charge in [0.2, 0.25) is 0 Å². The lowest BCUT2D eigenvalue weighted by Crippen LogP contribution is -2.14. The Morgan fingerprint density at radius 3 is 2.08 bits per heavy atom. The summed E-state index contributed by atoms with van der Waals surface area (Å²) in [6, 6.07) is 11.3. The Morgan fingerprint density at radius 1 is 0.917 bits per heavy atom. The Bertz CT molecular complexity index is 785. The molecule has 130 valence electrons. The van der Waals surface area contributed by atoms with E-state index in [1.54, 1.807) is 36.4 Å². The smallest absolute Gasteiger partial charge is 0.265 e. The van der Waals surface area contributed by atoms with E-state index >= 15 is 0 Å². The second kappa shape index (κ2) is 7.44. The molecule has 0 bridgehead atoms. The van der Waals surface area contributed by atoms with E-state index in [2.05, 4.69) is 4.72 Å². The van der Waals surface area contributed by atoms with Gasteiger partial charge in [0.25, 0.3) is 10.0 Å². The number of ether oxygens (including phenoxy) is 3. The molecule has 0 aliphatic carbocycles. The molecule has 6 nitrogen and oxygen atoms in total. The molecule has 2 rings (SSSR count). The molecule has 24 heavy (non-hydrogen) atoms. The van der Waals surface area contributed by atoms with Crippen molar-refractivity contribution in [3.63, 3.8) is 0 Å². The van der Waals surface area contributed by atoms with Gasteiger partial charge in [-0.05, 0) is 50.2 Å². The van der Waals surface area contributed by atoms with Crippen LogP contribution in [0.5, 0.6) is 17.2 Å². The summed E-state index contributed by atoms with van der Waals surface area (Å²) in [6.45, 7) is 3.84. The Labute approximate surface area is 142 Å². The van der Waals surface area contributed by atoms with Gasteiger partial charge in [-0.1, -0.05) is 0 Å². The molecule has 0 aliphatic rings. The average molecular weight is 351 g/mol. The van der Waals surface area contributed by atoms with Crippen molar-refractivity contribution in [3.8, 4) is 17.2 Å². The third-order valence-corrected chi connectivity index (χ3v) is 4.54. The lowest BCUT2D eigenvalue weighted by atomic mass is 10.3. The Morgan fingerprint density at radius 2 is 1.54 bits per heavy atom. The standard InChI is InChI=1S/C17H21NO5S/c1-12(2)23-14-7-5-13(6-8-14)18-24(19,20)17-11-15(21-3)9-10-16(17)22-4/h5-12,18H,1-4H3. The van der Waals surface area contributed by atoms with Crippen molar-refractivity contribution in [2.24, 2.45) is 0 Å². The first-order valence-electron chi connectivity index (χ1n) is 7.37. The average Bonchev–Trinajstić information content (AvgIpc) is 2.55. The van der Waals surface area contributed by atoms with Crippen LogP contribution < -0.4 is 18.9 Å². The van der Waals surface area contributed by atoms with Crippen LogP contribution in [0.4, 0.5) is 5.69 Å². The molecule has 0 atom stereocenters. The van der Waals surface area contributed by atoms with Gasteiger partial charge in [-0.15, -0.1) is 0 Å². The summed E-state index contributed by atoms with van der Waals surface area (Å²) in [5, 5.41) is 0. The number of rotatable bonds is 7. The van der Waals surface area contributed by atoms with Crippen LogP contribution in [0, 0.1) is 0 Å². The first-order valence-corrected chi connectivity index (χ1v) is 8.85. The predicted octanol–water partition coefficient (Wildman–Crippen LogP) is 3.29. The van der Waals surface area contributed by atoms with Crippen LogP contribution >= 0.6 is 0 Å². The molecule has 7 heteroatoms. The van der Waals surface area contributed by atoms with Gasteiger partial charge >= 0.3 is 0 Å². The quantitative estimate of drug-likeness (QED) is 0.828. The maximum Gasteiger partial charge on any atom is 0.265 e. The van der Waals surface area contributed by atoms with E-state index in [0.717, 1.165) is 0 Å². The first-order chi connectivity index (χ1) is 11.4. The minimum Gasteiger partial charge on any atom is -0.497 e. The number of sulfonamides is 1. The number of methoxy groups -OCH3 is 2. The van der Waals surface area contributed by atoms with Gasteiger partial charge in [0.1, 0.15) is 22.1 Å². The summed E-state index contributed by atoms with van der Waals surface area (Å²) in [4.78, 5) is 0.00635. The third kappa shape index (κ3) is 4.32. The van der Waals surface area contributed by atoms with Crippen LogP contribution in [-0.4, -0.2) is 28.7 Å². The maximum atomic E-state index is 12.6. The van der Waals surface area contributed by atoms with Gasteiger partial charge in [-0.25, -0.2) is 8.42 Å². The van der Waals surface area contributed by atoms with Crippen molar-refractivity contribution in [1.82, 2.24) is 0 Å². The van der Waals surface area contributed by atoms with Crippen LogP contribution in [0.2, 0.25) is 0 Å². The highest BCUT2D eigenvalue weighted by Crippen LogP contribution is 2.30. The summed E-state index contributed by atoms with van der Waals surface area (Å²) < 4.78 is 43.6. The second-order valence-electron chi connectivity index (χ2n) is 5.31. The monoisotopic (exact) mass is 351 g/mol. The van der Waals surface area contributed by atoms with Crippen LogP contribution in [0.25, 0.3) is 0 Å². The van der Waals surface area contributed by atoms with Gasteiger partial charge in [0, 0.05) is 11.8 Å². The van der Waals surface area contributed by atoms with Crippen molar-refractivity contribution in [2.75, 3.05) is 18.9 Å². The summed E-state index contributed by atoms with van der Waals surface area (Å²) in [5.41, 5.74) is 0.427. The van der Waals surface area contributed by atoms with Crippen molar-refractivity contribution in [2.45, 2.75) is 24.8 Å². The molecule has 2 aromatic carbocycles.